The van der Waals surface area contributed by atoms with Gasteiger partial charge in [-0.2, -0.15) is 0 Å². The molecular formula is C63H118O5. The SMILES string of the molecule is CCCCCCCC/C=C\C/C=C\C/C=C\CCCC(=O)O[C@H](COCCCCCCCCCCCCCCCCCC)COC(=O)CCCCCCCCCCCCCCCCCCCCC. The van der Waals surface area contributed by atoms with E-state index in [1.165, 1.54) is 244 Å². The number of allylic oxidation sites excluding steroid dienone is 6. The third-order valence-corrected chi connectivity index (χ3v) is 13.7. The van der Waals surface area contributed by atoms with Crippen LogP contribution < -0.4 is 0 Å². The van der Waals surface area contributed by atoms with Gasteiger partial charge in [0.25, 0.3) is 0 Å². The Morgan fingerprint density at radius 1 is 0.324 bits per heavy atom. The number of rotatable bonds is 57. The zero-order chi connectivity index (χ0) is 49.2. The van der Waals surface area contributed by atoms with Crippen LogP contribution in [0.15, 0.2) is 36.5 Å². The van der Waals surface area contributed by atoms with Crippen molar-refractivity contribution in [2.45, 2.75) is 335 Å². The number of esters is 2. The minimum absolute atomic E-state index is 0.0725. The van der Waals surface area contributed by atoms with Crippen LogP contribution in [0.3, 0.4) is 0 Å². The summed E-state index contributed by atoms with van der Waals surface area (Å²) in [5, 5.41) is 0. The predicted molar refractivity (Wildman–Crippen MR) is 298 cm³/mol. The highest BCUT2D eigenvalue weighted by atomic mass is 16.6. The van der Waals surface area contributed by atoms with Crippen molar-refractivity contribution in [2.24, 2.45) is 0 Å². The van der Waals surface area contributed by atoms with Crippen LogP contribution in [0, 0.1) is 0 Å². The number of carbonyl (C=O) groups is 2. The Morgan fingerprint density at radius 2 is 0.632 bits per heavy atom. The van der Waals surface area contributed by atoms with Gasteiger partial charge in [0.1, 0.15) is 6.61 Å². The highest BCUT2D eigenvalue weighted by Gasteiger charge is 2.17. The van der Waals surface area contributed by atoms with Crippen LogP contribution in [0.1, 0.15) is 329 Å². The molecule has 0 saturated heterocycles. The summed E-state index contributed by atoms with van der Waals surface area (Å²) in [6.07, 6.45) is 73.2. The second-order valence-corrected chi connectivity index (χ2v) is 20.6. The number of carbonyl (C=O) groups excluding carboxylic acids is 2. The summed E-state index contributed by atoms with van der Waals surface area (Å²) in [7, 11) is 0. The molecule has 0 aromatic heterocycles. The minimum atomic E-state index is -0.557. The highest BCUT2D eigenvalue weighted by molar-refractivity contribution is 5.70. The zero-order valence-corrected chi connectivity index (χ0v) is 46.1. The first kappa shape index (κ1) is 66.1. The first-order chi connectivity index (χ1) is 33.6. The van der Waals surface area contributed by atoms with Gasteiger partial charge >= 0.3 is 11.9 Å². The Bertz CT molecular complexity index is 1080. The fourth-order valence-corrected chi connectivity index (χ4v) is 9.12. The van der Waals surface area contributed by atoms with Crippen LogP contribution in [0.25, 0.3) is 0 Å². The monoisotopic (exact) mass is 955 g/mol. The first-order valence-electron chi connectivity index (χ1n) is 30.5. The summed E-state index contributed by atoms with van der Waals surface area (Å²) in [5.74, 6) is -0.434. The quantitative estimate of drug-likeness (QED) is 0.0345. The summed E-state index contributed by atoms with van der Waals surface area (Å²) >= 11 is 0. The highest BCUT2D eigenvalue weighted by Crippen LogP contribution is 2.17. The second kappa shape index (κ2) is 59.4. The predicted octanol–water partition coefficient (Wildman–Crippen LogP) is 20.9. The Morgan fingerprint density at radius 3 is 1.03 bits per heavy atom. The van der Waals surface area contributed by atoms with E-state index in [1.54, 1.807) is 0 Å². The lowest BCUT2D eigenvalue weighted by Gasteiger charge is -2.18. The van der Waals surface area contributed by atoms with Crippen molar-refractivity contribution in [2.75, 3.05) is 19.8 Å². The summed E-state index contributed by atoms with van der Waals surface area (Å²) in [4.78, 5) is 25.5. The number of hydrogen-bond donors (Lipinski definition) is 0. The van der Waals surface area contributed by atoms with Gasteiger partial charge in [-0.1, -0.05) is 301 Å². The lowest BCUT2D eigenvalue weighted by atomic mass is 10.0. The van der Waals surface area contributed by atoms with Crippen LogP contribution in [-0.2, 0) is 23.8 Å². The lowest BCUT2D eigenvalue weighted by Crippen LogP contribution is -2.30. The maximum Gasteiger partial charge on any atom is 0.306 e. The molecular weight excluding hydrogens is 837 g/mol. The molecule has 0 aromatic carbocycles. The van der Waals surface area contributed by atoms with E-state index in [0.717, 1.165) is 51.4 Å². The Hall–Kier alpha value is -1.88. The average molecular weight is 956 g/mol. The van der Waals surface area contributed by atoms with Gasteiger partial charge in [-0.15, -0.1) is 0 Å². The van der Waals surface area contributed by atoms with Crippen molar-refractivity contribution in [3.05, 3.63) is 36.5 Å². The molecule has 0 saturated carbocycles. The molecule has 400 valence electrons. The zero-order valence-electron chi connectivity index (χ0n) is 46.1. The molecule has 0 fully saturated rings. The molecule has 5 heteroatoms. The van der Waals surface area contributed by atoms with E-state index in [4.69, 9.17) is 14.2 Å². The molecule has 1 atom stereocenters. The number of hydrogen-bond acceptors (Lipinski definition) is 5. The molecule has 0 N–H and O–H groups in total. The van der Waals surface area contributed by atoms with E-state index < -0.39 is 6.10 Å². The number of unbranched alkanes of at least 4 members (excludes halogenated alkanes) is 40. The van der Waals surface area contributed by atoms with Gasteiger partial charge < -0.3 is 14.2 Å². The molecule has 0 aliphatic rings. The molecule has 0 radical (unpaired) electrons. The third-order valence-electron chi connectivity index (χ3n) is 13.7. The molecule has 0 aromatic rings. The van der Waals surface area contributed by atoms with E-state index in [2.05, 4.69) is 57.2 Å². The van der Waals surface area contributed by atoms with Crippen molar-refractivity contribution in [1.29, 1.82) is 0 Å². The Kier molecular flexibility index (Phi) is 57.8. The lowest BCUT2D eigenvalue weighted by molar-refractivity contribution is -0.162. The summed E-state index contributed by atoms with van der Waals surface area (Å²) in [6, 6.07) is 0. The van der Waals surface area contributed by atoms with Gasteiger partial charge in [0.15, 0.2) is 6.10 Å². The molecule has 0 aliphatic heterocycles. The third kappa shape index (κ3) is 56.7. The first-order valence-corrected chi connectivity index (χ1v) is 30.5. The number of ether oxygens (including phenoxy) is 3. The molecule has 0 unspecified atom stereocenters. The van der Waals surface area contributed by atoms with Crippen LogP contribution in [0.2, 0.25) is 0 Å². The molecule has 0 aliphatic carbocycles. The van der Waals surface area contributed by atoms with Gasteiger partial charge in [-0.05, 0) is 51.4 Å². The molecule has 5 nitrogen and oxygen atoms in total. The summed E-state index contributed by atoms with van der Waals surface area (Å²) < 4.78 is 17.5. The smallest absolute Gasteiger partial charge is 0.306 e. The van der Waals surface area contributed by atoms with E-state index >= 15 is 0 Å². The maximum absolute atomic E-state index is 12.9. The van der Waals surface area contributed by atoms with E-state index in [1.807, 2.05) is 0 Å². The summed E-state index contributed by atoms with van der Waals surface area (Å²) in [6.45, 7) is 7.84. The van der Waals surface area contributed by atoms with E-state index in [9.17, 15) is 9.59 Å². The molecule has 0 spiro atoms. The second-order valence-electron chi connectivity index (χ2n) is 20.6. The molecule has 0 heterocycles. The maximum atomic E-state index is 12.9. The van der Waals surface area contributed by atoms with Crippen molar-refractivity contribution in [3.63, 3.8) is 0 Å². The topological polar surface area (TPSA) is 61.8 Å². The fourth-order valence-electron chi connectivity index (χ4n) is 9.12. The fraction of sp³-hybridized carbons (Fsp3) is 0.873. The van der Waals surface area contributed by atoms with E-state index in [0.29, 0.717) is 19.4 Å². The van der Waals surface area contributed by atoms with Crippen LogP contribution in [0.4, 0.5) is 0 Å². The van der Waals surface area contributed by atoms with Gasteiger partial charge in [-0.25, -0.2) is 0 Å². The van der Waals surface area contributed by atoms with Crippen molar-refractivity contribution in [3.8, 4) is 0 Å². The van der Waals surface area contributed by atoms with Gasteiger partial charge in [0.05, 0.1) is 6.61 Å². The minimum Gasteiger partial charge on any atom is -0.462 e. The van der Waals surface area contributed by atoms with Gasteiger partial charge in [0.2, 0.25) is 0 Å². The molecule has 0 bridgehead atoms. The molecule has 0 rings (SSSR count). The van der Waals surface area contributed by atoms with Crippen molar-refractivity contribution < 1.29 is 23.8 Å². The van der Waals surface area contributed by atoms with Crippen LogP contribution in [0.5, 0.6) is 0 Å². The van der Waals surface area contributed by atoms with Crippen molar-refractivity contribution in [1.82, 2.24) is 0 Å². The van der Waals surface area contributed by atoms with Gasteiger partial charge in [0, 0.05) is 19.4 Å². The summed E-state index contributed by atoms with van der Waals surface area (Å²) in [5.41, 5.74) is 0. The Balaban J connectivity index is 4.28. The van der Waals surface area contributed by atoms with Crippen LogP contribution >= 0.6 is 0 Å². The standard InChI is InChI=1S/C63H118O5/c1-4-7-10-13-16-19-22-25-28-31-32-34-35-38-41-44-47-50-53-56-62(64)67-60-61(59-66-58-55-52-49-46-43-40-37-30-27-24-21-18-15-12-9-6-3)68-63(65)57-54-51-48-45-42-39-36-33-29-26-23-20-17-14-11-8-5-2/h26,29,36,39,45,48,61H,4-25,27-28,30-35,37-38,40-44,46-47,49-60H2,1-3H3/b29-26-,39-36-,48-45-/t61-/m1/s1. The van der Waals surface area contributed by atoms with E-state index in [-0.39, 0.29) is 25.2 Å². The van der Waals surface area contributed by atoms with Crippen molar-refractivity contribution >= 4 is 11.9 Å². The average Bonchev–Trinajstić information content (AvgIpc) is 3.34. The molecule has 0 amide bonds. The normalized spacial score (nSPS) is 12.3. The molecule has 68 heavy (non-hydrogen) atoms. The van der Waals surface area contributed by atoms with Crippen LogP contribution in [-0.4, -0.2) is 37.9 Å². The Labute approximate surface area is 425 Å². The largest absolute Gasteiger partial charge is 0.462 e. The van der Waals surface area contributed by atoms with Gasteiger partial charge in [-0.3, -0.25) is 9.59 Å².